The summed E-state index contributed by atoms with van der Waals surface area (Å²) in [4.78, 5) is 2.33. The van der Waals surface area contributed by atoms with Crippen LogP contribution in [0.25, 0.3) is 0 Å². The monoisotopic (exact) mass is 367 g/mol. The molecule has 0 bridgehead atoms. The summed E-state index contributed by atoms with van der Waals surface area (Å²) in [6, 6.07) is 0. The Labute approximate surface area is 139 Å². The predicted octanol–water partition coefficient (Wildman–Crippen LogP) is 3.33. The number of rotatable bonds is 17. The molecule has 0 amide bonds. The lowest BCUT2D eigenvalue weighted by molar-refractivity contribution is 0.0111. The van der Waals surface area contributed by atoms with Crippen LogP contribution in [0.1, 0.15) is 39.0 Å². The van der Waals surface area contributed by atoms with E-state index in [1.165, 1.54) is 25.7 Å². The van der Waals surface area contributed by atoms with Gasteiger partial charge in [-0.25, -0.2) is 0 Å². The van der Waals surface area contributed by atoms with E-state index < -0.39 is 0 Å². The number of hydrogen-bond acceptors (Lipinski definition) is 4. The van der Waals surface area contributed by atoms with Crippen molar-refractivity contribution >= 4 is 15.9 Å². The Morgan fingerprint density at radius 1 is 0.714 bits per heavy atom. The normalized spacial score (nSPS) is 11.4. The highest BCUT2D eigenvalue weighted by atomic mass is 79.9. The molecule has 0 aliphatic rings. The van der Waals surface area contributed by atoms with Gasteiger partial charge in [0.15, 0.2) is 0 Å². The van der Waals surface area contributed by atoms with Gasteiger partial charge in [-0.2, -0.15) is 0 Å². The van der Waals surface area contributed by atoms with Crippen LogP contribution < -0.4 is 0 Å². The average Bonchev–Trinajstić information content (AvgIpc) is 2.49. The molecule has 0 saturated carbocycles. The van der Waals surface area contributed by atoms with Crippen molar-refractivity contribution in [3.63, 3.8) is 0 Å². The molecule has 128 valence electrons. The second-order valence-electron chi connectivity index (χ2n) is 5.24. The highest BCUT2D eigenvalue weighted by molar-refractivity contribution is 9.09. The molecule has 21 heavy (non-hydrogen) atoms. The van der Waals surface area contributed by atoms with Crippen molar-refractivity contribution in [3.8, 4) is 0 Å². The Bertz CT molecular complexity index is 196. The van der Waals surface area contributed by atoms with Crippen molar-refractivity contribution in [2.45, 2.75) is 39.0 Å². The first-order valence-electron chi connectivity index (χ1n) is 8.29. The van der Waals surface area contributed by atoms with Gasteiger partial charge in [0.1, 0.15) is 0 Å². The summed E-state index contributed by atoms with van der Waals surface area (Å²) in [6.07, 6.45) is 6.14. The minimum Gasteiger partial charge on any atom is -0.379 e. The molecule has 0 spiro atoms. The van der Waals surface area contributed by atoms with Gasteiger partial charge in [0.2, 0.25) is 0 Å². The summed E-state index contributed by atoms with van der Waals surface area (Å²) in [6.45, 7) is 8.63. The summed E-state index contributed by atoms with van der Waals surface area (Å²) >= 11 is 3.46. The molecule has 0 unspecified atom stereocenters. The van der Waals surface area contributed by atoms with E-state index in [0.29, 0.717) is 26.4 Å². The van der Waals surface area contributed by atoms with Gasteiger partial charge in [-0.3, -0.25) is 0 Å². The molecule has 0 aliphatic heterocycles. The first kappa shape index (κ1) is 21.3. The van der Waals surface area contributed by atoms with E-state index in [1.807, 2.05) is 0 Å². The van der Waals surface area contributed by atoms with Crippen molar-refractivity contribution in [1.82, 2.24) is 4.90 Å². The molecule has 0 heterocycles. The lowest BCUT2D eigenvalue weighted by atomic mass is 10.2. The minimum atomic E-state index is 0.659. The molecule has 4 nitrogen and oxygen atoms in total. The van der Waals surface area contributed by atoms with Crippen LogP contribution in [0.3, 0.4) is 0 Å². The van der Waals surface area contributed by atoms with E-state index in [2.05, 4.69) is 34.8 Å². The molecule has 5 heteroatoms. The lowest BCUT2D eigenvalue weighted by Crippen LogP contribution is -2.25. The van der Waals surface area contributed by atoms with E-state index >= 15 is 0 Å². The van der Waals surface area contributed by atoms with Crippen LogP contribution in [0.5, 0.6) is 0 Å². The van der Waals surface area contributed by atoms with Crippen LogP contribution in [0, 0.1) is 0 Å². The van der Waals surface area contributed by atoms with Gasteiger partial charge < -0.3 is 19.1 Å². The molecule has 0 aliphatic carbocycles. The predicted molar refractivity (Wildman–Crippen MR) is 92.5 cm³/mol. The van der Waals surface area contributed by atoms with Crippen molar-refractivity contribution in [2.75, 3.05) is 65.1 Å². The maximum Gasteiger partial charge on any atom is 0.0701 e. The summed E-state index contributed by atoms with van der Waals surface area (Å²) < 4.78 is 16.4. The number of unbranched alkanes of at least 4 members (excludes halogenated alkanes) is 3. The van der Waals surface area contributed by atoms with Gasteiger partial charge in [0, 0.05) is 18.5 Å². The molecule has 0 aromatic rings. The van der Waals surface area contributed by atoms with E-state index in [0.717, 1.165) is 38.1 Å². The molecule has 0 radical (unpaired) electrons. The standard InChI is InChI=1S/C16H34BrNO3/c1-3-4-11-19-13-15-21-16-14-20-12-10-18(2)9-7-5-6-8-17/h3-16H2,1-2H3. The summed E-state index contributed by atoms with van der Waals surface area (Å²) in [7, 11) is 2.15. The van der Waals surface area contributed by atoms with Crippen LogP contribution >= 0.6 is 15.9 Å². The topological polar surface area (TPSA) is 30.9 Å². The highest BCUT2D eigenvalue weighted by Crippen LogP contribution is 1.99. The second-order valence-corrected chi connectivity index (χ2v) is 6.04. The van der Waals surface area contributed by atoms with Gasteiger partial charge in [0.25, 0.3) is 0 Å². The first-order chi connectivity index (χ1) is 10.3. The number of likely N-dealkylation sites (N-methyl/N-ethyl adjacent to an activating group) is 1. The van der Waals surface area contributed by atoms with E-state index in [1.54, 1.807) is 0 Å². The summed E-state index contributed by atoms with van der Waals surface area (Å²) in [5, 5.41) is 1.11. The van der Waals surface area contributed by atoms with E-state index in [4.69, 9.17) is 14.2 Å². The molecule has 0 fully saturated rings. The maximum atomic E-state index is 5.56. The van der Waals surface area contributed by atoms with Gasteiger partial charge in [-0.1, -0.05) is 35.7 Å². The fourth-order valence-electron chi connectivity index (χ4n) is 1.77. The number of halogens is 1. The van der Waals surface area contributed by atoms with Crippen molar-refractivity contribution in [2.24, 2.45) is 0 Å². The van der Waals surface area contributed by atoms with Gasteiger partial charge in [-0.05, 0) is 32.9 Å². The van der Waals surface area contributed by atoms with Gasteiger partial charge in [-0.15, -0.1) is 0 Å². The molecule has 0 aromatic carbocycles. The minimum absolute atomic E-state index is 0.659. The number of alkyl halides is 1. The second kappa shape index (κ2) is 18.4. The van der Waals surface area contributed by atoms with Crippen LogP contribution in [-0.4, -0.2) is 70.0 Å². The molecule has 0 atom stereocenters. The quantitative estimate of drug-likeness (QED) is 0.291. The molecule has 0 aromatic heterocycles. The fourth-order valence-corrected chi connectivity index (χ4v) is 2.17. The number of ether oxygens (including phenoxy) is 3. The Morgan fingerprint density at radius 2 is 1.33 bits per heavy atom. The first-order valence-corrected chi connectivity index (χ1v) is 9.41. The molecular weight excluding hydrogens is 334 g/mol. The third-order valence-electron chi connectivity index (χ3n) is 3.18. The Morgan fingerprint density at radius 3 is 1.95 bits per heavy atom. The lowest BCUT2D eigenvalue weighted by Gasteiger charge is -2.16. The third-order valence-corrected chi connectivity index (χ3v) is 3.74. The smallest absolute Gasteiger partial charge is 0.0701 e. The van der Waals surface area contributed by atoms with Crippen LogP contribution in [0.2, 0.25) is 0 Å². The van der Waals surface area contributed by atoms with Crippen LogP contribution in [0.15, 0.2) is 0 Å². The fraction of sp³-hybridized carbons (Fsp3) is 1.00. The number of nitrogens with zero attached hydrogens (tertiary/aromatic N) is 1. The van der Waals surface area contributed by atoms with Crippen molar-refractivity contribution in [1.29, 1.82) is 0 Å². The zero-order valence-electron chi connectivity index (χ0n) is 13.9. The van der Waals surface area contributed by atoms with Crippen LogP contribution in [-0.2, 0) is 14.2 Å². The Balaban J connectivity index is 3.07. The van der Waals surface area contributed by atoms with Gasteiger partial charge >= 0.3 is 0 Å². The van der Waals surface area contributed by atoms with E-state index in [9.17, 15) is 0 Å². The van der Waals surface area contributed by atoms with Crippen molar-refractivity contribution in [3.05, 3.63) is 0 Å². The zero-order valence-corrected chi connectivity index (χ0v) is 15.5. The number of hydrogen-bond donors (Lipinski definition) is 0. The highest BCUT2D eigenvalue weighted by Gasteiger charge is 1.98. The third kappa shape index (κ3) is 18.3. The molecule has 0 saturated heterocycles. The molecule has 0 N–H and O–H groups in total. The van der Waals surface area contributed by atoms with Crippen LogP contribution in [0.4, 0.5) is 0 Å². The summed E-state index contributed by atoms with van der Waals surface area (Å²) in [5.74, 6) is 0. The molecular formula is C16H34BrNO3. The van der Waals surface area contributed by atoms with E-state index in [-0.39, 0.29) is 0 Å². The van der Waals surface area contributed by atoms with Gasteiger partial charge in [0.05, 0.1) is 33.0 Å². The Kier molecular flexibility index (Phi) is 18.6. The Hall–Kier alpha value is 0.320. The SMILES string of the molecule is CCCCOCCOCCOCCN(C)CCCCCBr. The van der Waals surface area contributed by atoms with Crippen molar-refractivity contribution < 1.29 is 14.2 Å². The largest absolute Gasteiger partial charge is 0.379 e. The maximum absolute atomic E-state index is 5.56. The summed E-state index contributed by atoms with van der Waals surface area (Å²) in [5.41, 5.74) is 0. The molecule has 0 rings (SSSR count). The average molecular weight is 368 g/mol. The zero-order chi connectivity index (χ0) is 15.6.